The van der Waals surface area contributed by atoms with Crippen LogP contribution in [0.4, 0.5) is 14.6 Å². The van der Waals surface area contributed by atoms with Crippen molar-refractivity contribution in [3.63, 3.8) is 0 Å². The first-order chi connectivity index (χ1) is 15.7. The standard InChI is InChI=1S/C21H16ClF2N5O2S2/c1-9-3-4-16(32-9)21-26-10(2)17(33-21)8-25-20(31)15-7-18(29-28-15)27-19(30)11-5-13(23)14(24)6-12(11)22/h3-7H,8H2,1-2H3,(H,25,31)(H2,27,28,29,30). The number of carbonyl (C=O) groups is 2. The van der Waals surface area contributed by atoms with E-state index in [2.05, 4.69) is 25.8 Å². The van der Waals surface area contributed by atoms with Gasteiger partial charge >= 0.3 is 0 Å². The van der Waals surface area contributed by atoms with E-state index >= 15 is 0 Å². The molecule has 3 aromatic heterocycles. The number of aromatic nitrogens is 3. The highest BCUT2D eigenvalue weighted by molar-refractivity contribution is 7.21. The number of halogens is 3. The van der Waals surface area contributed by atoms with Gasteiger partial charge in [0.25, 0.3) is 11.8 Å². The molecule has 0 unspecified atom stereocenters. The minimum Gasteiger partial charge on any atom is -0.346 e. The SMILES string of the molecule is Cc1ccc(-c2nc(C)c(CNC(=O)c3cc(NC(=O)c4cc(F)c(F)cc4Cl)[nH]n3)s2)s1. The van der Waals surface area contributed by atoms with Crippen molar-refractivity contribution < 1.29 is 18.4 Å². The average molecular weight is 508 g/mol. The van der Waals surface area contributed by atoms with Crippen LogP contribution in [0.3, 0.4) is 0 Å². The molecule has 7 nitrogen and oxygen atoms in total. The number of carbonyl (C=O) groups excluding carboxylic acids is 2. The molecule has 3 N–H and O–H groups in total. The van der Waals surface area contributed by atoms with Crippen LogP contribution >= 0.6 is 34.3 Å². The third kappa shape index (κ3) is 5.10. The highest BCUT2D eigenvalue weighted by atomic mass is 35.5. The summed E-state index contributed by atoms with van der Waals surface area (Å²) < 4.78 is 26.6. The molecule has 0 saturated carbocycles. The van der Waals surface area contributed by atoms with E-state index in [0.717, 1.165) is 20.5 Å². The van der Waals surface area contributed by atoms with Crippen molar-refractivity contribution in [2.75, 3.05) is 5.32 Å². The van der Waals surface area contributed by atoms with Gasteiger partial charge in [-0.15, -0.1) is 22.7 Å². The van der Waals surface area contributed by atoms with Crippen molar-refractivity contribution in [2.24, 2.45) is 0 Å². The Kier molecular flexibility index (Phi) is 6.54. The number of hydrogen-bond acceptors (Lipinski definition) is 6. The van der Waals surface area contributed by atoms with Gasteiger partial charge in [0.15, 0.2) is 17.3 Å². The lowest BCUT2D eigenvalue weighted by molar-refractivity contribution is 0.0945. The molecule has 2 amide bonds. The first-order valence-electron chi connectivity index (χ1n) is 9.54. The summed E-state index contributed by atoms with van der Waals surface area (Å²) in [6, 6.07) is 6.78. The lowest BCUT2D eigenvalue weighted by Gasteiger charge is -2.05. The molecular formula is C21H16ClF2N5O2S2. The summed E-state index contributed by atoms with van der Waals surface area (Å²) in [4.78, 5) is 32.6. The van der Waals surface area contributed by atoms with Crippen molar-refractivity contribution in [3.8, 4) is 9.88 Å². The summed E-state index contributed by atoms with van der Waals surface area (Å²) >= 11 is 8.98. The normalized spacial score (nSPS) is 10.9. The Bertz CT molecular complexity index is 1360. The van der Waals surface area contributed by atoms with Gasteiger partial charge in [-0.2, -0.15) is 5.10 Å². The minimum atomic E-state index is -1.20. The zero-order valence-corrected chi connectivity index (χ0v) is 19.6. The second-order valence-corrected chi connectivity index (χ2v) is 9.77. The summed E-state index contributed by atoms with van der Waals surface area (Å²) in [6.45, 7) is 4.18. The molecule has 0 saturated heterocycles. The van der Waals surface area contributed by atoms with Crippen molar-refractivity contribution >= 4 is 51.9 Å². The molecule has 0 fully saturated rings. The van der Waals surface area contributed by atoms with Gasteiger partial charge in [0, 0.05) is 15.8 Å². The molecule has 4 aromatic rings. The van der Waals surface area contributed by atoms with Crippen LogP contribution in [-0.4, -0.2) is 27.0 Å². The van der Waals surface area contributed by atoms with Crippen molar-refractivity contribution in [3.05, 3.63) is 73.7 Å². The maximum absolute atomic E-state index is 13.4. The van der Waals surface area contributed by atoms with Gasteiger partial charge in [-0.05, 0) is 38.1 Å². The molecular weight excluding hydrogens is 492 g/mol. The second kappa shape index (κ2) is 9.38. The van der Waals surface area contributed by atoms with Gasteiger partial charge in [-0.25, -0.2) is 13.8 Å². The van der Waals surface area contributed by atoms with E-state index in [0.29, 0.717) is 12.1 Å². The van der Waals surface area contributed by atoms with Crippen LogP contribution in [0, 0.1) is 25.5 Å². The zero-order valence-electron chi connectivity index (χ0n) is 17.3. The highest BCUT2D eigenvalue weighted by Gasteiger charge is 2.18. The summed E-state index contributed by atoms with van der Waals surface area (Å²) in [5, 5.41) is 12.2. The first kappa shape index (κ1) is 23.0. The van der Waals surface area contributed by atoms with Crippen LogP contribution in [-0.2, 0) is 6.54 Å². The molecule has 33 heavy (non-hydrogen) atoms. The molecule has 3 heterocycles. The van der Waals surface area contributed by atoms with Crippen LogP contribution in [0.5, 0.6) is 0 Å². The Balaban J connectivity index is 1.39. The fraction of sp³-hybridized carbons (Fsp3) is 0.143. The molecule has 0 aliphatic carbocycles. The van der Waals surface area contributed by atoms with Gasteiger partial charge < -0.3 is 10.6 Å². The fourth-order valence-corrected chi connectivity index (χ4v) is 5.05. The van der Waals surface area contributed by atoms with Crippen LogP contribution < -0.4 is 10.6 Å². The monoisotopic (exact) mass is 507 g/mol. The van der Waals surface area contributed by atoms with Crippen molar-refractivity contribution in [1.82, 2.24) is 20.5 Å². The van der Waals surface area contributed by atoms with E-state index < -0.39 is 23.4 Å². The van der Waals surface area contributed by atoms with Crippen LogP contribution in [0.1, 0.15) is 36.3 Å². The molecule has 0 radical (unpaired) electrons. The molecule has 4 rings (SSSR count). The van der Waals surface area contributed by atoms with E-state index in [4.69, 9.17) is 11.6 Å². The minimum absolute atomic E-state index is 0.0398. The van der Waals surface area contributed by atoms with Crippen molar-refractivity contribution in [1.29, 1.82) is 0 Å². The molecule has 0 aliphatic heterocycles. The maximum atomic E-state index is 13.4. The Morgan fingerprint density at radius 2 is 1.85 bits per heavy atom. The number of H-pyrrole nitrogens is 1. The van der Waals surface area contributed by atoms with Crippen LogP contribution in [0.2, 0.25) is 5.02 Å². The van der Waals surface area contributed by atoms with Crippen molar-refractivity contribution in [2.45, 2.75) is 20.4 Å². The number of aryl methyl sites for hydroxylation is 2. The van der Waals surface area contributed by atoms with Gasteiger partial charge in [0.05, 0.1) is 27.7 Å². The number of thiophene rings is 1. The summed E-state index contributed by atoms with van der Waals surface area (Å²) in [5.74, 6) is -3.52. The Morgan fingerprint density at radius 1 is 1.09 bits per heavy atom. The lowest BCUT2D eigenvalue weighted by Crippen LogP contribution is -2.23. The van der Waals surface area contributed by atoms with Crippen LogP contribution in [0.15, 0.2) is 30.3 Å². The number of anilines is 1. The number of aromatic amines is 1. The number of amides is 2. The summed E-state index contributed by atoms with van der Waals surface area (Å²) in [6.07, 6.45) is 0. The van der Waals surface area contributed by atoms with Gasteiger partial charge in [-0.3, -0.25) is 14.7 Å². The first-order valence-corrected chi connectivity index (χ1v) is 11.5. The maximum Gasteiger partial charge on any atom is 0.272 e. The van der Waals surface area contributed by atoms with Gasteiger partial charge in [0.1, 0.15) is 10.8 Å². The molecule has 0 bridgehead atoms. The smallest absolute Gasteiger partial charge is 0.272 e. The van der Waals surface area contributed by atoms with Gasteiger partial charge in [0.2, 0.25) is 0 Å². The third-order valence-corrected chi connectivity index (χ3v) is 7.21. The van der Waals surface area contributed by atoms with E-state index in [1.165, 1.54) is 22.3 Å². The fourth-order valence-electron chi connectivity index (χ4n) is 2.89. The topological polar surface area (TPSA) is 99.8 Å². The molecule has 1 aromatic carbocycles. The summed E-state index contributed by atoms with van der Waals surface area (Å²) in [7, 11) is 0. The Morgan fingerprint density at radius 3 is 2.58 bits per heavy atom. The van der Waals surface area contributed by atoms with E-state index in [1.807, 2.05) is 26.0 Å². The average Bonchev–Trinajstić information content (AvgIpc) is 3.49. The number of nitrogens with zero attached hydrogens (tertiary/aromatic N) is 2. The quantitative estimate of drug-likeness (QED) is 0.307. The largest absolute Gasteiger partial charge is 0.346 e. The van der Waals surface area contributed by atoms with E-state index in [9.17, 15) is 18.4 Å². The Labute approximate surface area is 199 Å². The predicted molar refractivity (Wildman–Crippen MR) is 124 cm³/mol. The number of hydrogen-bond donors (Lipinski definition) is 3. The number of thiazole rings is 1. The second-order valence-electron chi connectivity index (χ2n) is 6.99. The van der Waals surface area contributed by atoms with Crippen LogP contribution in [0.25, 0.3) is 9.88 Å². The molecule has 12 heteroatoms. The molecule has 170 valence electrons. The number of nitrogens with one attached hydrogen (secondary N) is 3. The summed E-state index contributed by atoms with van der Waals surface area (Å²) in [5.41, 5.74) is 0.617. The molecule has 0 aliphatic rings. The third-order valence-electron chi connectivity index (χ3n) is 4.57. The van der Waals surface area contributed by atoms with Gasteiger partial charge in [-0.1, -0.05) is 11.6 Å². The van der Waals surface area contributed by atoms with E-state index in [-0.39, 0.29) is 28.6 Å². The highest BCUT2D eigenvalue weighted by Crippen LogP contribution is 2.32. The number of benzene rings is 1. The molecule has 0 atom stereocenters. The number of rotatable bonds is 6. The Hall–Kier alpha value is -3.15. The lowest BCUT2D eigenvalue weighted by atomic mass is 10.2. The molecule has 0 spiro atoms. The predicted octanol–water partition coefficient (Wildman–Crippen LogP) is 5.33. The van der Waals surface area contributed by atoms with E-state index in [1.54, 1.807) is 11.3 Å². The zero-order chi connectivity index (χ0) is 23.7.